The second-order valence-electron chi connectivity index (χ2n) is 10.7. The molecule has 220 valence electrons. The van der Waals surface area contributed by atoms with Crippen molar-refractivity contribution < 1.29 is 13.2 Å². The fourth-order valence-electron chi connectivity index (χ4n) is 5.37. The number of sulfone groups is 1. The predicted molar refractivity (Wildman–Crippen MR) is 162 cm³/mol. The van der Waals surface area contributed by atoms with E-state index in [-0.39, 0.29) is 10.8 Å². The topological polar surface area (TPSA) is 116 Å². The second-order valence-corrected chi connectivity index (χ2v) is 12.7. The van der Waals surface area contributed by atoms with Crippen LogP contribution in [0.15, 0.2) is 53.7 Å². The second kappa shape index (κ2) is 13.0. The molecule has 2 aliphatic rings. The summed E-state index contributed by atoms with van der Waals surface area (Å²) in [5.41, 5.74) is 2.30. The van der Waals surface area contributed by atoms with Crippen LogP contribution in [0, 0.1) is 0 Å². The summed E-state index contributed by atoms with van der Waals surface area (Å²) < 4.78 is 30.5. The van der Waals surface area contributed by atoms with Crippen molar-refractivity contribution in [2.45, 2.75) is 37.1 Å². The highest BCUT2D eigenvalue weighted by Gasteiger charge is 2.27. The van der Waals surface area contributed by atoms with Gasteiger partial charge in [0, 0.05) is 63.3 Å². The SMILES string of the molecule is CCCOc1cc(N2CCC(N3CCN(C)CC3)CC2)ccc1Nc1ncnc(Nc2ccccc2S(C)(=O)=O)n1. The van der Waals surface area contributed by atoms with Crippen molar-refractivity contribution in [1.82, 2.24) is 24.8 Å². The molecule has 0 unspecified atom stereocenters. The molecule has 0 saturated carbocycles. The number of piperidine rings is 1. The Morgan fingerprint density at radius 3 is 2.29 bits per heavy atom. The molecular formula is C29H40N8O3S. The van der Waals surface area contributed by atoms with Gasteiger partial charge in [-0.25, -0.2) is 18.4 Å². The summed E-state index contributed by atoms with van der Waals surface area (Å²) in [4.78, 5) is 20.6. The first-order chi connectivity index (χ1) is 19.8. The Labute approximate surface area is 242 Å². The third-order valence-corrected chi connectivity index (χ3v) is 8.82. The van der Waals surface area contributed by atoms with Crippen LogP contribution in [0.4, 0.5) is 29.0 Å². The van der Waals surface area contributed by atoms with Gasteiger partial charge in [-0.2, -0.15) is 4.98 Å². The Bertz CT molecular complexity index is 1420. The first-order valence-corrected chi connectivity index (χ1v) is 16.2. The number of nitrogens with one attached hydrogen (secondary N) is 2. The fourth-order valence-corrected chi connectivity index (χ4v) is 6.21. The maximum Gasteiger partial charge on any atom is 0.232 e. The van der Waals surface area contributed by atoms with Crippen molar-refractivity contribution in [3.05, 3.63) is 48.8 Å². The van der Waals surface area contributed by atoms with Gasteiger partial charge in [0.15, 0.2) is 9.84 Å². The summed E-state index contributed by atoms with van der Waals surface area (Å²) in [5.74, 6) is 1.29. The average Bonchev–Trinajstić information content (AvgIpc) is 2.97. The lowest BCUT2D eigenvalue weighted by Gasteiger charge is -2.42. The maximum absolute atomic E-state index is 12.2. The summed E-state index contributed by atoms with van der Waals surface area (Å²) in [6.07, 6.45) is 5.77. The lowest BCUT2D eigenvalue weighted by atomic mass is 10.0. The minimum Gasteiger partial charge on any atom is -0.491 e. The largest absolute Gasteiger partial charge is 0.491 e. The number of hydrogen-bond acceptors (Lipinski definition) is 11. The zero-order valence-electron chi connectivity index (χ0n) is 24.1. The number of nitrogens with zero attached hydrogens (tertiary/aromatic N) is 6. The Morgan fingerprint density at radius 2 is 1.61 bits per heavy atom. The van der Waals surface area contributed by atoms with Crippen LogP contribution in [0.25, 0.3) is 0 Å². The molecule has 0 amide bonds. The normalized spacial score (nSPS) is 17.4. The lowest BCUT2D eigenvalue weighted by molar-refractivity contribution is 0.0982. The minimum absolute atomic E-state index is 0.174. The molecule has 2 saturated heterocycles. The molecule has 2 N–H and O–H groups in total. The number of rotatable bonds is 10. The highest BCUT2D eigenvalue weighted by molar-refractivity contribution is 7.90. The van der Waals surface area contributed by atoms with Crippen molar-refractivity contribution in [2.24, 2.45) is 0 Å². The Morgan fingerprint density at radius 1 is 0.927 bits per heavy atom. The number of benzene rings is 2. The van der Waals surface area contributed by atoms with Gasteiger partial charge in [0.05, 0.1) is 22.9 Å². The number of para-hydroxylation sites is 1. The molecule has 0 aliphatic carbocycles. The number of aromatic nitrogens is 3. The zero-order chi connectivity index (χ0) is 28.8. The number of hydrogen-bond donors (Lipinski definition) is 2. The van der Waals surface area contributed by atoms with Gasteiger partial charge in [0.2, 0.25) is 11.9 Å². The van der Waals surface area contributed by atoms with Crippen molar-refractivity contribution in [1.29, 1.82) is 0 Å². The molecule has 3 heterocycles. The predicted octanol–water partition coefficient (Wildman–Crippen LogP) is 3.77. The van der Waals surface area contributed by atoms with Crippen LogP contribution in [0.5, 0.6) is 5.75 Å². The van der Waals surface area contributed by atoms with Gasteiger partial charge >= 0.3 is 0 Å². The van der Waals surface area contributed by atoms with Crippen molar-refractivity contribution >= 4 is 38.8 Å². The summed E-state index contributed by atoms with van der Waals surface area (Å²) in [5, 5.41) is 6.27. The minimum atomic E-state index is -3.43. The quantitative estimate of drug-likeness (QED) is 0.365. The van der Waals surface area contributed by atoms with Gasteiger partial charge in [-0.15, -0.1) is 0 Å². The number of ether oxygens (including phenoxy) is 1. The van der Waals surface area contributed by atoms with E-state index in [9.17, 15) is 8.42 Å². The highest BCUT2D eigenvalue weighted by atomic mass is 32.2. The van der Waals surface area contributed by atoms with Gasteiger partial charge in [0.1, 0.15) is 12.1 Å². The first-order valence-electron chi connectivity index (χ1n) is 14.3. The molecule has 1 aromatic heterocycles. The zero-order valence-corrected chi connectivity index (χ0v) is 24.9. The standard InChI is InChI=1S/C29H40N8O3S/c1-4-19-40-26-20-23(36-13-11-22(12-14-36)37-17-15-35(2)16-18-37)9-10-24(26)32-28-30-21-31-29(34-28)33-25-7-5-6-8-27(25)41(3,38)39/h5-10,20-22H,4,11-19H2,1-3H3,(H2,30,31,32,33,34). The molecule has 0 spiro atoms. The Balaban J connectivity index is 1.28. The van der Waals surface area contributed by atoms with Crippen LogP contribution in [0.2, 0.25) is 0 Å². The van der Waals surface area contributed by atoms with E-state index in [1.165, 1.54) is 12.6 Å². The van der Waals surface area contributed by atoms with E-state index < -0.39 is 9.84 Å². The molecule has 2 aromatic carbocycles. The lowest BCUT2D eigenvalue weighted by Crippen LogP contribution is -2.52. The first kappa shape index (κ1) is 29.0. The summed E-state index contributed by atoms with van der Waals surface area (Å²) in [7, 11) is -1.22. The van der Waals surface area contributed by atoms with Gasteiger partial charge in [-0.1, -0.05) is 19.1 Å². The number of piperazine rings is 1. The van der Waals surface area contributed by atoms with E-state index in [1.807, 2.05) is 6.07 Å². The molecule has 0 bridgehead atoms. The summed E-state index contributed by atoms with van der Waals surface area (Å²) >= 11 is 0. The molecule has 41 heavy (non-hydrogen) atoms. The van der Waals surface area contributed by atoms with E-state index in [2.05, 4.69) is 66.4 Å². The van der Waals surface area contributed by atoms with Crippen molar-refractivity contribution in [2.75, 3.05) is 74.7 Å². The van der Waals surface area contributed by atoms with E-state index in [1.54, 1.807) is 24.3 Å². The van der Waals surface area contributed by atoms with Crippen LogP contribution in [0.1, 0.15) is 26.2 Å². The monoisotopic (exact) mass is 580 g/mol. The van der Waals surface area contributed by atoms with Crippen LogP contribution in [0.3, 0.4) is 0 Å². The van der Waals surface area contributed by atoms with Crippen LogP contribution < -0.4 is 20.3 Å². The fraction of sp³-hybridized carbons (Fsp3) is 0.483. The third kappa shape index (κ3) is 7.43. The Hall–Kier alpha value is -3.48. The van der Waals surface area contributed by atoms with Crippen LogP contribution in [-0.4, -0.2) is 98.4 Å². The molecule has 12 heteroatoms. The van der Waals surface area contributed by atoms with E-state index in [0.717, 1.165) is 75.7 Å². The van der Waals surface area contributed by atoms with Gasteiger partial charge in [-0.05, 0) is 50.6 Å². The molecule has 11 nitrogen and oxygen atoms in total. The number of likely N-dealkylation sites (N-methyl/N-ethyl adjacent to an activating group) is 1. The molecular weight excluding hydrogens is 540 g/mol. The summed E-state index contributed by atoms with van der Waals surface area (Å²) in [6.45, 7) is 9.35. The van der Waals surface area contributed by atoms with Gasteiger partial charge in [-0.3, -0.25) is 4.90 Å². The van der Waals surface area contributed by atoms with Crippen LogP contribution in [-0.2, 0) is 9.84 Å². The van der Waals surface area contributed by atoms with E-state index in [4.69, 9.17) is 4.74 Å². The Kier molecular flexibility index (Phi) is 9.21. The molecule has 5 rings (SSSR count). The average molecular weight is 581 g/mol. The maximum atomic E-state index is 12.2. The molecule has 0 radical (unpaired) electrons. The molecule has 2 fully saturated rings. The highest BCUT2D eigenvalue weighted by Crippen LogP contribution is 2.34. The molecule has 0 atom stereocenters. The molecule has 2 aliphatic heterocycles. The van der Waals surface area contributed by atoms with Gasteiger partial charge < -0.3 is 25.2 Å². The van der Waals surface area contributed by atoms with Crippen molar-refractivity contribution in [3.8, 4) is 5.75 Å². The van der Waals surface area contributed by atoms with Gasteiger partial charge in [0.25, 0.3) is 0 Å². The van der Waals surface area contributed by atoms with E-state index >= 15 is 0 Å². The molecule has 3 aromatic rings. The smallest absolute Gasteiger partial charge is 0.232 e. The summed E-state index contributed by atoms with van der Waals surface area (Å²) in [6, 6.07) is 13.5. The third-order valence-electron chi connectivity index (χ3n) is 7.66. The number of anilines is 5. The van der Waals surface area contributed by atoms with Crippen molar-refractivity contribution in [3.63, 3.8) is 0 Å². The van der Waals surface area contributed by atoms with E-state index in [0.29, 0.717) is 24.3 Å². The van der Waals surface area contributed by atoms with Crippen LogP contribution >= 0.6 is 0 Å².